The zero-order chi connectivity index (χ0) is 15.2. The summed E-state index contributed by atoms with van der Waals surface area (Å²) in [5.41, 5.74) is 1.35. The number of hydrogen-bond acceptors (Lipinski definition) is 5. The van der Waals surface area contributed by atoms with Crippen molar-refractivity contribution in [1.82, 2.24) is 4.98 Å². The lowest BCUT2D eigenvalue weighted by Crippen LogP contribution is -2.15. The highest BCUT2D eigenvalue weighted by atomic mass is 35.5. The number of ether oxygens (including phenoxy) is 2. The molecule has 1 heterocycles. The Bertz CT molecular complexity index is 630. The van der Waals surface area contributed by atoms with Gasteiger partial charge in [0.25, 0.3) is 0 Å². The Morgan fingerprint density at radius 3 is 2.81 bits per heavy atom. The number of nitrogens with one attached hydrogen (secondary N) is 1. The molecule has 0 bridgehead atoms. The molecule has 112 valence electrons. The lowest BCUT2D eigenvalue weighted by atomic mass is 10.2. The fourth-order valence-corrected chi connectivity index (χ4v) is 2.76. The van der Waals surface area contributed by atoms with E-state index in [-0.39, 0.29) is 12.3 Å². The van der Waals surface area contributed by atoms with Crippen molar-refractivity contribution in [1.29, 1.82) is 0 Å². The number of amides is 1. The highest BCUT2D eigenvalue weighted by Crippen LogP contribution is 2.29. The molecular formula is C14H15ClN2O3S. The highest BCUT2D eigenvalue weighted by Gasteiger charge is 2.11. The van der Waals surface area contributed by atoms with Crippen LogP contribution in [0.4, 0.5) is 5.69 Å². The first kappa shape index (κ1) is 15.6. The van der Waals surface area contributed by atoms with E-state index < -0.39 is 0 Å². The summed E-state index contributed by atoms with van der Waals surface area (Å²) in [6.45, 7) is 0. The zero-order valence-corrected chi connectivity index (χ0v) is 13.3. The lowest BCUT2D eigenvalue weighted by Gasteiger charge is -2.11. The Morgan fingerprint density at radius 2 is 2.19 bits per heavy atom. The van der Waals surface area contributed by atoms with Gasteiger partial charge in [0.15, 0.2) is 0 Å². The Labute approximate surface area is 131 Å². The van der Waals surface area contributed by atoms with Gasteiger partial charge in [0.1, 0.15) is 16.5 Å². The van der Waals surface area contributed by atoms with Gasteiger partial charge in [0, 0.05) is 11.4 Å². The molecule has 7 heteroatoms. The van der Waals surface area contributed by atoms with Gasteiger partial charge in [-0.2, -0.15) is 0 Å². The van der Waals surface area contributed by atoms with Crippen molar-refractivity contribution in [2.75, 3.05) is 19.5 Å². The lowest BCUT2D eigenvalue weighted by molar-refractivity contribution is -0.115. The molecule has 2 aromatic rings. The van der Waals surface area contributed by atoms with Crippen molar-refractivity contribution in [3.63, 3.8) is 0 Å². The van der Waals surface area contributed by atoms with E-state index in [1.54, 1.807) is 32.4 Å². The van der Waals surface area contributed by atoms with Gasteiger partial charge >= 0.3 is 0 Å². The van der Waals surface area contributed by atoms with Crippen molar-refractivity contribution in [3.8, 4) is 11.5 Å². The first-order chi connectivity index (χ1) is 10.2. The van der Waals surface area contributed by atoms with E-state index in [1.165, 1.54) is 11.3 Å². The molecule has 0 aliphatic heterocycles. The SMILES string of the molecule is COc1ccc(OC)c(NC(=O)Cc2nc(CCl)cs2)c1. The summed E-state index contributed by atoms with van der Waals surface area (Å²) in [5, 5.41) is 5.38. The van der Waals surface area contributed by atoms with Gasteiger partial charge in [-0.25, -0.2) is 4.98 Å². The number of nitrogens with zero attached hydrogens (tertiary/aromatic N) is 1. The second kappa shape index (κ2) is 7.28. The van der Waals surface area contributed by atoms with E-state index in [0.29, 0.717) is 23.1 Å². The molecule has 1 aromatic carbocycles. The quantitative estimate of drug-likeness (QED) is 0.829. The Morgan fingerprint density at radius 1 is 1.38 bits per heavy atom. The fraction of sp³-hybridized carbons (Fsp3) is 0.286. The van der Waals surface area contributed by atoms with Gasteiger partial charge < -0.3 is 14.8 Å². The van der Waals surface area contributed by atoms with Gasteiger partial charge in [0.05, 0.1) is 37.9 Å². The molecule has 1 amide bonds. The second-order valence-electron chi connectivity index (χ2n) is 4.16. The van der Waals surface area contributed by atoms with E-state index in [2.05, 4.69) is 10.3 Å². The van der Waals surface area contributed by atoms with Crippen LogP contribution in [0.1, 0.15) is 10.7 Å². The van der Waals surface area contributed by atoms with Gasteiger partial charge in [0.2, 0.25) is 5.91 Å². The third-order valence-electron chi connectivity index (χ3n) is 2.73. The summed E-state index contributed by atoms with van der Waals surface area (Å²) in [6, 6.07) is 5.22. The van der Waals surface area contributed by atoms with Crippen LogP contribution in [0.15, 0.2) is 23.6 Å². The average Bonchev–Trinajstić information content (AvgIpc) is 2.94. The molecule has 1 aromatic heterocycles. The Balaban J connectivity index is 2.07. The average molecular weight is 327 g/mol. The molecule has 5 nitrogen and oxygen atoms in total. The van der Waals surface area contributed by atoms with Crippen LogP contribution in [-0.4, -0.2) is 25.1 Å². The van der Waals surface area contributed by atoms with Gasteiger partial charge in [-0.1, -0.05) is 0 Å². The van der Waals surface area contributed by atoms with Crippen molar-refractivity contribution in [2.45, 2.75) is 12.3 Å². The maximum absolute atomic E-state index is 12.1. The minimum atomic E-state index is -0.169. The monoisotopic (exact) mass is 326 g/mol. The molecule has 0 aliphatic carbocycles. The zero-order valence-electron chi connectivity index (χ0n) is 11.7. The van der Waals surface area contributed by atoms with Crippen LogP contribution in [0.25, 0.3) is 0 Å². The number of aromatic nitrogens is 1. The van der Waals surface area contributed by atoms with Crippen LogP contribution < -0.4 is 14.8 Å². The molecule has 0 unspecified atom stereocenters. The highest BCUT2D eigenvalue weighted by molar-refractivity contribution is 7.09. The summed E-state index contributed by atoms with van der Waals surface area (Å²) < 4.78 is 10.4. The number of rotatable bonds is 6. The molecule has 0 fully saturated rings. The van der Waals surface area contributed by atoms with Crippen molar-refractivity contribution in [2.24, 2.45) is 0 Å². The normalized spacial score (nSPS) is 10.2. The maximum atomic E-state index is 12.1. The minimum Gasteiger partial charge on any atom is -0.497 e. The van der Waals surface area contributed by atoms with E-state index in [0.717, 1.165) is 10.7 Å². The van der Waals surface area contributed by atoms with Crippen LogP contribution in [0.3, 0.4) is 0 Å². The number of alkyl halides is 1. The minimum absolute atomic E-state index is 0.169. The maximum Gasteiger partial charge on any atom is 0.231 e. The smallest absolute Gasteiger partial charge is 0.231 e. The summed E-state index contributed by atoms with van der Waals surface area (Å²) in [6.07, 6.45) is 0.196. The first-order valence-electron chi connectivity index (χ1n) is 6.17. The molecule has 0 aliphatic rings. The summed E-state index contributed by atoms with van der Waals surface area (Å²) >= 11 is 7.11. The number of benzene rings is 1. The topological polar surface area (TPSA) is 60.5 Å². The molecule has 0 spiro atoms. The molecule has 0 saturated heterocycles. The third kappa shape index (κ3) is 4.09. The van der Waals surface area contributed by atoms with Crippen LogP contribution in [0.2, 0.25) is 0 Å². The van der Waals surface area contributed by atoms with Gasteiger partial charge in [-0.05, 0) is 12.1 Å². The number of carbonyl (C=O) groups excluding carboxylic acids is 1. The van der Waals surface area contributed by atoms with Crippen LogP contribution in [0.5, 0.6) is 11.5 Å². The second-order valence-corrected chi connectivity index (χ2v) is 5.37. The van der Waals surface area contributed by atoms with Crippen molar-refractivity contribution in [3.05, 3.63) is 34.3 Å². The van der Waals surface area contributed by atoms with Crippen LogP contribution in [0, 0.1) is 0 Å². The van der Waals surface area contributed by atoms with Crippen molar-refractivity contribution >= 4 is 34.5 Å². The summed E-state index contributed by atoms with van der Waals surface area (Å²) in [5.74, 6) is 1.40. The molecule has 1 N–H and O–H groups in total. The predicted octanol–water partition coefficient (Wildman–Crippen LogP) is 3.08. The number of carbonyl (C=O) groups is 1. The number of thiazole rings is 1. The molecule has 0 atom stereocenters. The van der Waals surface area contributed by atoms with Gasteiger partial charge in [-0.15, -0.1) is 22.9 Å². The first-order valence-corrected chi connectivity index (χ1v) is 7.58. The number of anilines is 1. The van der Waals surface area contributed by atoms with E-state index in [9.17, 15) is 4.79 Å². The number of methoxy groups -OCH3 is 2. The Hall–Kier alpha value is -1.79. The molecule has 21 heavy (non-hydrogen) atoms. The largest absolute Gasteiger partial charge is 0.497 e. The molecule has 2 rings (SSSR count). The Kier molecular flexibility index (Phi) is 5.41. The molecule has 0 saturated carbocycles. The summed E-state index contributed by atoms with van der Waals surface area (Å²) in [7, 11) is 3.11. The molecular weight excluding hydrogens is 312 g/mol. The van der Waals surface area contributed by atoms with Gasteiger partial charge in [-0.3, -0.25) is 4.79 Å². The number of halogens is 1. The van der Waals surface area contributed by atoms with Crippen LogP contribution >= 0.6 is 22.9 Å². The standard InChI is InChI=1S/C14H15ClN2O3S/c1-19-10-3-4-12(20-2)11(5-10)17-13(18)6-14-16-9(7-15)8-21-14/h3-5,8H,6-7H2,1-2H3,(H,17,18). The predicted molar refractivity (Wildman–Crippen MR) is 83.6 cm³/mol. The summed E-state index contributed by atoms with van der Waals surface area (Å²) in [4.78, 5) is 16.3. The van der Waals surface area contributed by atoms with Crippen LogP contribution in [-0.2, 0) is 17.1 Å². The van der Waals surface area contributed by atoms with E-state index in [4.69, 9.17) is 21.1 Å². The molecule has 0 radical (unpaired) electrons. The third-order valence-corrected chi connectivity index (χ3v) is 3.90. The van der Waals surface area contributed by atoms with E-state index >= 15 is 0 Å². The fourth-order valence-electron chi connectivity index (χ4n) is 1.73. The van der Waals surface area contributed by atoms with Crippen molar-refractivity contribution < 1.29 is 14.3 Å². The number of hydrogen-bond donors (Lipinski definition) is 1. The van der Waals surface area contributed by atoms with E-state index in [1.807, 2.05) is 5.38 Å².